The third-order valence-electron chi connectivity index (χ3n) is 3.09. The summed E-state index contributed by atoms with van der Waals surface area (Å²) in [6.07, 6.45) is 0. The molecule has 0 aromatic heterocycles. The molecule has 0 atom stereocenters. The second-order valence-corrected chi connectivity index (χ2v) is 5.36. The summed E-state index contributed by atoms with van der Waals surface area (Å²) in [6, 6.07) is 13.0. The molecule has 2 rings (SSSR count). The van der Waals surface area contributed by atoms with Crippen molar-refractivity contribution in [2.45, 2.75) is 0 Å². The van der Waals surface area contributed by atoms with Gasteiger partial charge in [-0.25, -0.2) is 0 Å². The SMILES string of the molecule is COc1ccc(NC(=O)C(=O)NCC(=O)Nc2ccc(Cl)cc2)cc1. The molecule has 3 N–H and O–H groups in total. The predicted molar refractivity (Wildman–Crippen MR) is 94.7 cm³/mol. The first-order valence-electron chi connectivity index (χ1n) is 7.26. The van der Waals surface area contributed by atoms with Crippen LogP contribution in [-0.4, -0.2) is 31.4 Å². The Morgan fingerprint density at radius 1 is 0.880 bits per heavy atom. The van der Waals surface area contributed by atoms with E-state index in [9.17, 15) is 14.4 Å². The molecule has 130 valence electrons. The number of halogens is 1. The van der Waals surface area contributed by atoms with E-state index in [4.69, 9.17) is 16.3 Å². The highest BCUT2D eigenvalue weighted by atomic mass is 35.5. The van der Waals surface area contributed by atoms with Gasteiger partial charge in [0, 0.05) is 16.4 Å². The Balaban J connectivity index is 1.79. The lowest BCUT2D eigenvalue weighted by atomic mass is 10.3. The first kappa shape index (κ1) is 18.3. The van der Waals surface area contributed by atoms with Crippen molar-refractivity contribution in [3.05, 3.63) is 53.6 Å². The molecule has 3 amide bonds. The first-order valence-corrected chi connectivity index (χ1v) is 7.64. The van der Waals surface area contributed by atoms with Crippen molar-refractivity contribution in [1.82, 2.24) is 5.32 Å². The number of hydrogen-bond acceptors (Lipinski definition) is 4. The number of benzene rings is 2. The van der Waals surface area contributed by atoms with E-state index in [0.29, 0.717) is 22.1 Å². The number of hydrogen-bond donors (Lipinski definition) is 3. The molecule has 0 radical (unpaired) electrons. The number of ether oxygens (including phenoxy) is 1. The van der Waals surface area contributed by atoms with Crippen molar-refractivity contribution in [3.63, 3.8) is 0 Å². The highest BCUT2D eigenvalue weighted by molar-refractivity contribution is 6.40. The Morgan fingerprint density at radius 2 is 1.44 bits per heavy atom. The molecule has 2 aromatic carbocycles. The number of anilines is 2. The molecule has 0 fully saturated rings. The maximum Gasteiger partial charge on any atom is 0.313 e. The summed E-state index contributed by atoms with van der Waals surface area (Å²) < 4.78 is 5.00. The molecule has 0 aliphatic carbocycles. The van der Waals surface area contributed by atoms with E-state index in [1.165, 1.54) is 7.11 Å². The standard InChI is InChI=1S/C17H16ClN3O4/c1-25-14-8-6-13(7-9-14)21-17(24)16(23)19-10-15(22)20-12-4-2-11(18)3-5-12/h2-9H,10H2,1H3,(H,19,23)(H,20,22)(H,21,24). The predicted octanol–water partition coefficient (Wildman–Crippen LogP) is 2.04. The van der Waals surface area contributed by atoms with E-state index in [-0.39, 0.29) is 6.54 Å². The van der Waals surface area contributed by atoms with Crippen LogP contribution in [0.25, 0.3) is 0 Å². The smallest absolute Gasteiger partial charge is 0.313 e. The van der Waals surface area contributed by atoms with E-state index in [2.05, 4.69) is 16.0 Å². The molecular formula is C17H16ClN3O4. The Hall–Kier alpha value is -3.06. The van der Waals surface area contributed by atoms with Gasteiger partial charge in [-0.2, -0.15) is 0 Å². The van der Waals surface area contributed by atoms with Crippen molar-refractivity contribution in [3.8, 4) is 5.75 Å². The minimum atomic E-state index is -0.915. The van der Waals surface area contributed by atoms with Crippen LogP contribution in [0, 0.1) is 0 Å². The van der Waals surface area contributed by atoms with Crippen LogP contribution in [0.2, 0.25) is 5.02 Å². The van der Waals surface area contributed by atoms with Crippen LogP contribution in [0.15, 0.2) is 48.5 Å². The normalized spacial score (nSPS) is 9.84. The van der Waals surface area contributed by atoms with Crippen LogP contribution in [-0.2, 0) is 14.4 Å². The number of methoxy groups -OCH3 is 1. The molecular weight excluding hydrogens is 346 g/mol. The summed E-state index contributed by atoms with van der Waals surface area (Å²) in [5.41, 5.74) is 0.970. The lowest BCUT2D eigenvalue weighted by Gasteiger charge is -2.08. The fraction of sp³-hybridized carbons (Fsp3) is 0.118. The van der Waals surface area contributed by atoms with Crippen LogP contribution < -0.4 is 20.7 Å². The van der Waals surface area contributed by atoms with Gasteiger partial charge in [0.25, 0.3) is 0 Å². The molecule has 8 heteroatoms. The molecule has 0 bridgehead atoms. The summed E-state index contributed by atoms with van der Waals surface area (Å²) in [6.45, 7) is -0.336. The fourth-order valence-electron chi connectivity index (χ4n) is 1.84. The van der Waals surface area contributed by atoms with Crippen molar-refractivity contribution in [1.29, 1.82) is 0 Å². The van der Waals surface area contributed by atoms with Crippen LogP contribution in [0.5, 0.6) is 5.75 Å². The van der Waals surface area contributed by atoms with Gasteiger partial charge in [0.2, 0.25) is 5.91 Å². The fourth-order valence-corrected chi connectivity index (χ4v) is 1.97. The molecule has 0 saturated heterocycles. The summed E-state index contributed by atoms with van der Waals surface area (Å²) in [5, 5.41) is 7.77. The maximum absolute atomic E-state index is 11.8. The van der Waals surface area contributed by atoms with Gasteiger partial charge in [0.15, 0.2) is 0 Å². The zero-order chi connectivity index (χ0) is 18.2. The van der Waals surface area contributed by atoms with E-state index in [1.54, 1.807) is 48.5 Å². The van der Waals surface area contributed by atoms with Gasteiger partial charge in [-0.15, -0.1) is 0 Å². The first-order chi connectivity index (χ1) is 12.0. The molecule has 7 nitrogen and oxygen atoms in total. The van der Waals surface area contributed by atoms with Gasteiger partial charge in [0.05, 0.1) is 13.7 Å². The van der Waals surface area contributed by atoms with Gasteiger partial charge < -0.3 is 20.7 Å². The van der Waals surface area contributed by atoms with Crippen molar-refractivity contribution in [2.24, 2.45) is 0 Å². The monoisotopic (exact) mass is 361 g/mol. The van der Waals surface area contributed by atoms with E-state index >= 15 is 0 Å². The number of carbonyl (C=O) groups excluding carboxylic acids is 3. The summed E-state index contributed by atoms with van der Waals surface area (Å²) >= 11 is 5.75. The van der Waals surface area contributed by atoms with Crippen molar-refractivity contribution in [2.75, 3.05) is 24.3 Å². The number of nitrogens with one attached hydrogen (secondary N) is 3. The number of amides is 3. The second kappa shape index (κ2) is 8.70. The molecule has 2 aromatic rings. The lowest BCUT2D eigenvalue weighted by Crippen LogP contribution is -2.39. The molecule has 25 heavy (non-hydrogen) atoms. The zero-order valence-electron chi connectivity index (χ0n) is 13.3. The Kier molecular flexibility index (Phi) is 6.36. The van der Waals surface area contributed by atoms with Gasteiger partial charge in [-0.3, -0.25) is 14.4 Å². The summed E-state index contributed by atoms with van der Waals surface area (Å²) in [5.74, 6) is -1.62. The molecule has 0 unspecified atom stereocenters. The molecule has 0 saturated carbocycles. The summed E-state index contributed by atoms with van der Waals surface area (Å²) in [7, 11) is 1.52. The van der Waals surface area contributed by atoms with E-state index < -0.39 is 17.7 Å². The average Bonchev–Trinajstić information content (AvgIpc) is 2.62. The highest BCUT2D eigenvalue weighted by Gasteiger charge is 2.15. The van der Waals surface area contributed by atoms with Crippen LogP contribution >= 0.6 is 11.6 Å². The van der Waals surface area contributed by atoms with Gasteiger partial charge in [0.1, 0.15) is 5.75 Å². The summed E-state index contributed by atoms with van der Waals surface area (Å²) in [4.78, 5) is 35.3. The maximum atomic E-state index is 11.8. The minimum Gasteiger partial charge on any atom is -0.497 e. The number of rotatable bonds is 5. The Morgan fingerprint density at radius 3 is 2.04 bits per heavy atom. The van der Waals surface area contributed by atoms with Crippen molar-refractivity contribution < 1.29 is 19.1 Å². The van der Waals surface area contributed by atoms with Crippen LogP contribution in [0.4, 0.5) is 11.4 Å². The van der Waals surface area contributed by atoms with Gasteiger partial charge in [-0.1, -0.05) is 11.6 Å². The molecule has 0 heterocycles. The van der Waals surface area contributed by atoms with Crippen LogP contribution in [0.1, 0.15) is 0 Å². The molecule has 0 aliphatic heterocycles. The zero-order valence-corrected chi connectivity index (χ0v) is 14.1. The highest BCUT2D eigenvalue weighted by Crippen LogP contribution is 2.15. The quantitative estimate of drug-likeness (QED) is 0.710. The van der Waals surface area contributed by atoms with Gasteiger partial charge in [-0.05, 0) is 48.5 Å². The van der Waals surface area contributed by atoms with E-state index in [1.807, 2.05) is 0 Å². The minimum absolute atomic E-state index is 0.336. The lowest BCUT2D eigenvalue weighted by molar-refractivity contribution is -0.136. The average molecular weight is 362 g/mol. The Labute approximate surface area is 149 Å². The van der Waals surface area contributed by atoms with Gasteiger partial charge >= 0.3 is 11.8 Å². The largest absolute Gasteiger partial charge is 0.497 e. The third kappa shape index (κ3) is 5.82. The van der Waals surface area contributed by atoms with E-state index in [0.717, 1.165) is 0 Å². The second-order valence-electron chi connectivity index (χ2n) is 4.92. The topological polar surface area (TPSA) is 96.5 Å². The molecule has 0 spiro atoms. The van der Waals surface area contributed by atoms with Crippen LogP contribution in [0.3, 0.4) is 0 Å². The molecule has 0 aliphatic rings. The third-order valence-corrected chi connectivity index (χ3v) is 3.34. The van der Waals surface area contributed by atoms with Crippen molar-refractivity contribution >= 4 is 40.7 Å². The Bertz CT molecular complexity index is 760. The number of carbonyl (C=O) groups is 3.